The lowest BCUT2D eigenvalue weighted by atomic mass is 10.0. The minimum Gasteiger partial charge on any atom is -0.494 e. The number of aliphatic hydroxyl groups is 1. The van der Waals surface area contributed by atoms with E-state index in [-0.39, 0.29) is 25.6 Å². The monoisotopic (exact) mass is 523 g/mol. The van der Waals surface area contributed by atoms with Gasteiger partial charge in [-0.1, -0.05) is 36.4 Å². The number of hydrogen-bond acceptors (Lipinski definition) is 5. The number of aromatic amines is 1. The molecule has 8 rings (SSSR count). The highest BCUT2D eigenvalue weighted by atomic mass is 16.6. The summed E-state index contributed by atoms with van der Waals surface area (Å²) in [6.45, 7) is 3.21. The average molecular weight is 524 g/mol. The van der Waals surface area contributed by atoms with Crippen LogP contribution in [0.5, 0.6) is 5.88 Å². The van der Waals surface area contributed by atoms with Gasteiger partial charge in [0.05, 0.1) is 29.5 Å². The lowest BCUT2D eigenvalue weighted by Gasteiger charge is -2.29. The molecule has 39 heavy (non-hydrogen) atoms. The summed E-state index contributed by atoms with van der Waals surface area (Å²) in [6.07, 6.45) is 2.35. The van der Waals surface area contributed by atoms with Crippen LogP contribution >= 0.6 is 0 Å². The number of H-pyrrole nitrogens is 1. The molecule has 9 heteroatoms. The lowest BCUT2D eigenvalue weighted by molar-refractivity contribution is -0.0481. The van der Waals surface area contributed by atoms with Crippen LogP contribution in [0.2, 0.25) is 0 Å². The molecule has 1 unspecified atom stereocenters. The number of hydrogen-bond donors (Lipinski definition) is 4. The predicted octanol–water partition coefficient (Wildman–Crippen LogP) is 4.27. The van der Waals surface area contributed by atoms with Crippen LogP contribution in [0.4, 0.5) is 4.79 Å². The van der Waals surface area contributed by atoms with Crippen molar-refractivity contribution in [1.29, 1.82) is 0 Å². The highest BCUT2D eigenvalue weighted by molar-refractivity contribution is 6.36. The second-order valence-electron chi connectivity index (χ2n) is 10.9. The molecule has 198 valence electrons. The fraction of sp³-hybridized carbons (Fsp3) is 0.300. The van der Waals surface area contributed by atoms with E-state index in [4.69, 9.17) is 4.74 Å². The van der Waals surface area contributed by atoms with Crippen molar-refractivity contribution in [2.45, 2.75) is 25.1 Å². The fourth-order valence-corrected chi connectivity index (χ4v) is 6.86. The molecule has 0 bridgehead atoms. The van der Waals surface area contributed by atoms with Crippen molar-refractivity contribution in [3.05, 3.63) is 54.7 Å². The molecule has 3 aromatic heterocycles. The molecule has 0 spiro atoms. The standard InChI is InChI=1S/C30H29N5O4/c36-28-25-20(14-32-28)23-18-6-1-3-8-21(18)34-15-30(38,17-39-29(37)33-12-5-10-31-11-13-33)16-35-22-9-4-2-7-19(22)24(25)27(35)26(23)34/h1-4,6-9,14,31-32,36,38H,5,10-13,15-17H2. The molecule has 1 saturated heterocycles. The van der Waals surface area contributed by atoms with Gasteiger partial charge in [0.25, 0.3) is 0 Å². The van der Waals surface area contributed by atoms with Gasteiger partial charge < -0.3 is 39.3 Å². The van der Waals surface area contributed by atoms with Crippen LogP contribution in [0, 0.1) is 0 Å². The van der Waals surface area contributed by atoms with Crippen molar-refractivity contribution in [1.82, 2.24) is 24.3 Å². The smallest absolute Gasteiger partial charge is 0.409 e. The summed E-state index contributed by atoms with van der Waals surface area (Å²) < 4.78 is 10.1. The molecule has 2 aliphatic heterocycles. The van der Waals surface area contributed by atoms with Gasteiger partial charge in [0.2, 0.25) is 0 Å². The van der Waals surface area contributed by atoms with Crippen LogP contribution < -0.4 is 5.32 Å². The number of ether oxygens (including phenoxy) is 1. The molecule has 5 heterocycles. The molecule has 0 aliphatic carbocycles. The van der Waals surface area contributed by atoms with Gasteiger partial charge in [-0.15, -0.1) is 0 Å². The van der Waals surface area contributed by atoms with Crippen LogP contribution in [-0.4, -0.2) is 73.7 Å². The van der Waals surface area contributed by atoms with E-state index >= 15 is 0 Å². The fourth-order valence-electron chi connectivity index (χ4n) is 6.86. The van der Waals surface area contributed by atoms with Crippen molar-refractivity contribution in [3.63, 3.8) is 0 Å². The van der Waals surface area contributed by atoms with Crippen LogP contribution in [0.25, 0.3) is 54.4 Å². The molecule has 0 saturated carbocycles. The number of nitrogens with one attached hydrogen (secondary N) is 2. The Hall–Kier alpha value is -4.21. The first kappa shape index (κ1) is 22.7. The van der Waals surface area contributed by atoms with Crippen molar-refractivity contribution in [2.24, 2.45) is 0 Å². The van der Waals surface area contributed by atoms with Crippen molar-refractivity contribution >= 4 is 60.5 Å². The van der Waals surface area contributed by atoms with E-state index in [2.05, 4.69) is 37.6 Å². The molecule has 3 aromatic carbocycles. The van der Waals surface area contributed by atoms with Gasteiger partial charge in [-0.2, -0.15) is 0 Å². The molecule has 4 N–H and O–H groups in total. The summed E-state index contributed by atoms with van der Waals surface area (Å²) in [5.74, 6) is 0.131. The largest absolute Gasteiger partial charge is 0.494 e. The number of carbonyl (C=O) groups excluding carboxylic acids is 1. The Morgan fingerprint density at radius 1 is 0.872 bits per heavy atom. The third-order valence-corrected chi connectivity index (χ3v) is 8.51. The summed E-state index contributed by atoms with van der Waals surface area (Å²) in [7, 11) is 0. The van der Waals surface area contributed by atoms with E-state index in [0.717, 1.165) is 73.9 Å². The highest BCUT2D eigenvalue weighted by Gasteiger charge is 2.38. The first-order chi connectivity index (χ1) is 19.0. The normalized spacial score (nSPS) is 20.0. The maximum absolute atomic E-state index is 13.0. The van der Waals surface area contributed by atoms with Crippen molar-refractivity contribution in [3.8, 4) is 5.88 Å². The maximum Gasteiger partial charge on any atom is 0.409 e. The van der Waals surface area contributed by atoms with E-state index in [1.807, 2.05) is 36.5 Å². The number of benzene rings is 3. The van der Waals surface area contributed by atoms with E-state index < -0.39 is 11.7 Å². The Morgan fingerprint density at radius 2 is 1.54 bits per heavy atom. The molecular weight excluding hydrogens is 494 g/mol. The second kappa shape index (κ2) is 8.14. The number of aromatic hydroxyl groups is 1. The Bertz CT molecular complexity index is 1940. The number of rotatable bonds is 2. The van der Waals surface area contributed by atoms with Gasteiger partial charge in [-0.3, -0.25) is 0 Å². The molecule has 1 amide bonds. The zero-order valence-electron chi connectivity index (χ0n) is 21.4. The summed E-state index contributed by atoms with van der Waals surface area (Å²) in [6, 6.07) is 16.3. The van der Waals surface area contributed by atoms with Gasteiger partial charge in [0, 0.05) is 63.8 Å². The van der Waals surface area contributed by atoms with Gasteiger partial charge in [0.1, 0.15) is 12.2 Å². The SMILES string of the molecule is O=C(OCC1(O)Cn2c3ccccc3c3c4c[nH]c(O)c4c4c5ccccc5n(c4c32)C1)N1CCCNCC1. The number of nitrogens with zero attached hydrogens (tertiary/aromatic N) is 3. The minimum atomic E-state index is -1.36. The molecule has 2 aliphatic rings. The number of fused-ring (bicyclic) bond motifs is 9. The summed E-state index contributed by atoms with van der Waals surface area (Å²) in [5.41, 5.74) is 2.56. The highest BCUT2D eigenvalue weighted by Crippen LogP contribution is 2.48. The van der Waals surface area contributed by atoms with Gasteiger partial charge in [-0.05, 0) is 25.1 Å². The summed E-state index contributed by atoms with van der Waals surface area (Å²) in [5, 5.41) is 32.3. The van der Waals surface area contributed by atoms with Crippen molar-refractivity contribution in [2.75, 3.05) is 32.8 Å². The first-order valence-electron chi connectivity index (χ1n) is 13.5. The molecule has 9 nitrogen and oxygen atoms in total. The van der Waals surface area contributed by atoms with E-state index in [9.17, 15) is 15.0 Å². The Kier molecular flexibility index (Phi) is 4.75. The quantitative estimate of drug-likeness (QED) is 0.271. The van der Waals surface area contributed by atoms with E-state index in [0.29, 0.717) is 13.1 Å². The molecule has 0 radical (unpaired) electrons. The summed E-state index contributed by atoms with van der Waals surface area (Å²) in [4.78, 5) is 17.8. The van der Waals surface area contributed by atoms with Crippen LogP contribution in [0.3, 0.4) is 0 Å². The van der Waals surface area contributed by atoms with E-state index in [1.165, 1.54) is 0 Å². The molecule has 1 fully saturated rings. The van der Waals surface area contributed by atoms with Gasteiger partial charge in [0.15, 0.2) is 5.88 Å². The number of amides is 1. The Balaban J connectivity index is 1.37. The molecular formula is C30H29N5O4. The maximum atomic E-state index is 13.0. The van der Waals surface area contributed by atoms with Crippen LogP contribution in [0.1, 0.15) is 6.42 Å². The van der Waals surface area contributed by atoms with Gasteiger partial charge >= 0.3 is 6.09 Å². The van der Waals surface area contributed by atoms with Gasteiger partial charge in [-0.25, -0.2) is 4.79 Å². The lowest BCUT2D eigenvalue weighted by Crippen LogP contribution is -2.45. The third-order valence-electron chi connectivity index (χ3n) is 8.51. The third kappa shape index (κ3) is 3.17. The number of aromatic nitrogens is 3. The van der Waals surface area contributed by atoms with Crippen LogP contribution in [-0.2, 0) is 17.8 Å². The summed E-state index contributed by atoms with van der Waals surface area (Å²) >= 11 is 0. The zero-order valence-corrected chi connectivity index (χ0v) is 21.4. The molecule has 1 atom stereocenters. The minimum absolute atomic E-state index is 0.128. The first-order valence-corrected chi connectivity index (χ1v) is 13.5. The average Bonchev–Trinajstić information content (AvgIpc) is 3.43. The predicted molar refractivity (Wildman–Crippen MR) is 151 cm³/mol. The second-order valence-corrected chi connectivity index (χ2v) is 10.9. The van der Waals surface area contributed by atoms with E-state index in [1.54, 1.807) is 4.90 Å². The van der Waals surface area contributed by atoms with Crippen LogP contribution in [0.15, 0.2) is 54.7 Å². The number of para-hydroxylation sites is 2. The number of carbonyl (C=O) groups is 1. The topological polar surface area (TPSA) is 108 Å². The Labute approximate surface area is 223 Å². The van der Waals surface area contributed by atoms with Crippen molar-refractivity contribution < 1.29 is 19.7 Å². The molecule has 6 aromatic rings. The zero-order chi connectivity index (χ0) is 26.3. The Morgan fingerprint density at radius 3 is 2.28 bits per heavy atom.